The summed E-state index contributed by atoms with van der Waals surface area (Å²) in [4.78, 5) is 23.3. The number of piperidine rings is 1. The fourth-order valence-electron chi connectivity index (χ4n) is 2.32. The Bertz CT molecular complexity index is 706. The molecule has 0 radical (unpaired) electrons. The van der Waals surface area contributed by atoms with Crippen LogP contribution in [-0.2, 0) is 19.6 Å². The molecule has 0 aliphatic carbocycles. The number of ether oxygens (including phenoxy) is 1. The molecule has 0 aromatic carbocycles. The fraction of sp³-hybridized carbons (Fsp3) is 0.538. The average molecular weight is 440 g/mol. The predicted octanol–water partition coefficient (Wildman–Crippen LogP) is 1.69. The lowest BCUT2D eigenvalue weighted by Crippen LogP contribution is -2.50. The summed E-state index contributed by atoms with van der Waals surface area (Å²) in [5, 5.41) is 0. The van der Waals surface area contributed by atoms with E-state index in [1.165, 1.54) is 10.4 Å². The molecule has 2 amide bonds. The highest BCUT2D eigenvalue weighted by atomic mass is 79.9. The Labute approximate surface area is 152 Å². The van der Waals surface area contributed by atoms with Crippen LogP contribution in [0.1, 0.15) is 19.8 Å². The number of nitrogens with zero attached hydrogens (tertiary/aromatic N) is 1. The summed E-state index contributed by atoms with van der Waals surface area (Å²) in [6, 6.07) is 3.21. The van der Waals surface area contributed by atoms with Crippen molar-refractivity contribution in [3.63, 3.8) is 0 Å². The van der Waals surface area contributed by atoms with Gasteiger partial charge in [0.05, 0.1) is 16.3 Å². The summed E-state index contributed by atoms with van der Waals surface area (Å²) in [6.07, 6.45) is 0.370. The third-order valence-corrected chi connectivity index (χ3v) is 7.42. The molecule has 1 aromatic heterocycles. The van der Waals surface area contributed by atoms with Crippen molar-refractivity contribution < 1.29 is 22.7 Å². The highest BCUT2D eigenvalue weighted by molar-refractivity contribution is 9.11. The van der Waals surface area contributed by atoms with Gasteiger partial charge in [-0.25, -0.2) is 18.6 Å². The summed E-state index contributed by atoms with van der Waals surface area (Å²) in [7, 11) is -3.62. The van der Waals surface area contributed by atoms with Crippen molar-refractivity contribution in [2.45, 2.75) is 24.0 Å². The van der Waals surface area contributed by atoms with Gasteiger partial charge in [-0.1, -0.05) is 0 Å². The number of rotatable bonds is 4. The van der Waals surface area contributed by atoms with E-state index in [9.17, 15) is 18.0 Å². The van der Waals surface area contributed by atoms with Gasteiger partial charge >= 0.3 is 6.09 Å². The summed E-state index contributed by atoms with van der Waals surface area (Å²) < 4.78 is 32.1. The molecule has 1 saturated heterocycles. The van der Waals surface area contributed by atoms with Crippen molar-refractivity contribution >= 4 is 49.3 Å². The van der Waals surface area contributed by atoms with Gasteiger partial charge in [0.1, 0.15) is 4.21 Å². The van der Waals surface area contributed by atoms with E-state index in [-0.39, 0.29) is 17.4 Å². The topological polar surface area (TPSA) is 105 Å². The quantitative estimate of drug-likeness (QED) is 0.694. The number of hydrazine groups is 1. The summed E-state index contributed by atoms with van der Waals surface area (Å²) in [5.74, 6) is -0.964. The number of carbonyl (C=O) groups excluding carboxylic acids is 2. The normalized spacial score (nSPS) is 18.8. The molecule has 1 aromatic rings. The van der Waals surface area contributed by atoms with Gasteiger partial charge in [-0.2, -0.15) is 4.31 Å². The number of carbonyl (C=O) groups is 2. The van der Waals surface area contributed by atoms with Crippen molar-refractivity contribution in [2.24, 2.45) is 5.92 Å². The first kappa shape index (κ1) is 19.2. The molecule has 1 aliphatic heterocycles. The van der Waals surface area contributed by atoms with Crippen LogP contribution < -0.4 is 10.9 Å². The molecule has 11 heteroatoms. The molecule has 1 atom stereocenters. The third kappa shape index (κ3) is 4.68. The van der Waals surface area contributed by atoms with Gasteiger partial charge in [0.15, 0.2) is 0 Å². The second-order valence-corrected chi connectivity index (χ2v) is 9.72. The van der Waals surface area contributed by atoms with Gasteiger partial charge in [0.25, 0.3) is 10.0 Å². The SMILES string of the molecule is CCOC(=O)NNC(=O)C1CCCN(S(=O)(=O)c2ccc(Br)s2)C1. The predicted molar refractivity (Wildman–Crippen MR) is 91.8 cm³/mol. The lowest BCUT2D eigenvalue weighted by molar-refractivity contribution is -0.127. The highest BCUT2D eigenvalue weighted by Crippen LogP contribution is 2.30. The molecule has 24 heavy (non-hydrogen) atoms. The Kier molecular flexibility index (Phi) is 6.61. The number of sulfonamides is 1. The maximum atomic E-state index is 12.6. The summed E-state index contributed by atoms with van der Waals surface area (Å²) in [6.45, 7) is 2.28. The van der Waals surface area contributed by atoms with Crippen LogP contribution >= 0.6 is 27.3 Å². The Morgan fingerprint density at radius 1 is 1.42 bits per heavy atom. The number of thiophene rings is 1. The molecule has 2 rings (SSSR count). The van der Waals surface area contributed by atoms with E-state index in [4.69, 9.17) is 0 Å². The maximum Gasteiger partial charge on any atom is 0.426 e. The van der Waals surface area contributed by atoms with E-state index >= 15 is 0 Å². The van der Waals surface area contributed by atoms with Crippen molar-refractivity contribution in [2.75, 3.05) is 19.7 Å². The zero-order valence-electron chi connectivity index (χ0n) is 13.0. The second-order valence-electron chi connectivity index (χ2n) is 5.10. The molecule has 0 saturated carbocycles. The minimum atomic E-state index is -3.62. The van der Waals surface area contributed by atoms with Crippen LogP contribution in [0.4, 0.5) is 4.79 Å². The van der Waals surface area contributed by atoms with Crippen LogP contribution in [0.3, 0.4) is 0 Å². The van der Waals surface area contributed by atoms with Gasteiger partial charge in [0.2, 0.25) is 5.91 Å². The number of hydrogen-bond donors (Lipinski definition) is 2. The van der Waals surface area contributed by atoms with Gasteiger partial charge < -0.3 is 4.74 Å². The number of hydrogen-bond acceptors (Lipinski definition) is 6. The Hall–Kier alpha value is -1.17. The van der Waals surface area contributed by atoms with Crippen LogP contribution in [0.2, 0.25) is 0 Å². The molecule has 0 bridgehead atoms. The number of amides is 2. The van der Waals surface area contributed by atoms with E-state index in [1.54, 1.807) is 13.0 Å². The van der Waals surface area contributed by atoms with Crippen LogP contribution in [0.25, 0.3) is 0 Å². The highest BCUT2D eigenvalue weighted by Gasteiger charge is 2.34. The second kappa shape index (κ2) is 8.28. The van der Waals surface area contributed by atoms with Crippen LogP contribution in [-0.4, -0.2) is 44.4 Å². The zero-order valence-corrected chi connectivity index (χ0v) is 16.2. The third-order valence-electron chi connectivity index (χ3n) is 3.46. The molecule has 1 unspecified atom stereocenters. The lowest BCUT2D eigenvalue weighted by Gasteiger charge is -2.30. The van der Waals surface area contributed by atoms with Gasteiger partial charge in [-0.15, -0.1) is 11.3 Å². The standard InChI is InChI=1S/C13H18BrN3O5S2/c1-2-22-13(19)16-15-12(18)9-4-3-7-17(8-9)24(20,21)11-6-5-10(14)23-11/h5-6,9H,2-4,7-8H2,1H3,(H,15,18)(H,16,19). The molecule has 134 valence electrons. The van der Waals surface area contributed by atoms with Crippen molar-refractivity contribution in [3.05, 3.63) is 15.9 Å². The summed E-state index contributed by atoms with van der Waals surface area (Å²) >= 11 is 4.38. The molecular weight excluding hydrogens is 422 g/mol. The van der Waals surface area contributed by atoms with Gasteiger partial charge in [0, 0.05) is 13.1 Å². The molecular formula is C13H18BrN3O5S2. The molecule has 2 heterocycles. The number of nitrogens with one attached hydrogen (secondary N) is 2. The Morgan fingerprint density at radius 3 is 2.79 bits per heavy atom. The maximum absolute atomic E-state index is 12.6. The van der Waals surface area contributed by atoms with Crippen molar-refractivity contribution in [1.29, 1.82) is 0 Å². The molecule has 8 nitrogen and oxygen atoms in total. The van der Waals surface area contributed by atoms with Gasteiger partial charge in [-0.3, -0.25) is 10.2 Å². The smallest absolute Gasteiger partial charge is 0.426 e. The fourth-order valence-corrected chi connectivity index (χ4v) is 6.01. The molecule has 2 N–H and O–H groups in total. The van der Waals surface area contributed by atoms with E-state index in [0.29, 0.717) is 19.4 Å². The van der Waals surface area contributed by atoms with Gasteiger partial charge in [-0.05, 0) is 47.8 Å². The lowest BCUT2D eigenvalue weighted by atomic mass is 9.99. The first-order chi connectivity index (χ1) is 11.3. The largest absolute Gasteiger partial charge is 0.449 e. The first-order valence-corrected chi connectivity index (χ1v) is 10.4. The Morgan fingerprint density at radius 2 is 2.17 bits per heavy atom. The molecule has 1 fully saturated rings. The Balaban J connectivity index is 1.98. The molecule has 1 aliphatic rings. The van der Waals surface area contributed by atoms with Crippen molar-refractivity contribution in [3.8, 4) is 0 Å². The van der Waals surface area contributed by atoms with E-state index in [1.807, 2.05) is 0 Å². The van der Waals surface area contributed by atoms with Crippen LogP contribution in [0.15, 0.2) is 20.1 Å². The van der Waals surface area contributed by atoms with E-state index in [2.05, 4.69) is 31.5 Å². The number of halogens is 1. The monoisotopic (exact) mass is 439 g/mol. The minimum Gasteiger partial charge on any atom is -0.449 e. The van der Waals surface area contributed by atoms with Crippen LogP contribution in [0, 0.1) is 5.92 Å². The molecule has 0 spiro atoms. The zero-order chi connectivity index (χ0) is 17.7. The first-order valence-electron chi connectivity index (χ1n) is 7.32. The minimum absolute atomic E-state index is 0.0776. The van der Waals surface area contributed by atoms with E-state index in [0.717, 1.165) is 15.1 Å². The van der Waals surface area contributed by atoms with Crippen LogP contribution in [0.5, 0.6) is 0 Å². The van der Waals surface area contributed by atoms with E-state index < -0.39 is 27.9 Å². The summed E-state index contributed by atoms with van der Waals surface area (Å²) in [5.41, 5.74) is 4.40. The van der Waals surface area contributed by atoms with Crippen molar-refractivity contribution in [1.82, 2.24) is 15.2 Å². The average Bonchev–Trinajstić information content (AvgIpc) is 3.00.